The summed E-state index contributed by atoms with van der Waals surface area (Å²) < 4.78 is 11.4. The molecular weight excluding hydrogens is 448 g/mol. The number of benzene rings is 2. The van der Waals surface area contributed by atoms with Crippen LogP contribution in [0.1, 0.15) is 25.0 Å². The summed E-state index contributed by atoms with van der Waals surface area (Å²) in [4.78, 5) is 20.4. The summed E-state index contributed by atoms with van der Waals surface area (Å²) in [6.45, 7) is 11.3. The molecule has 1 aliphatic rings. The van der Waals surface area contributed by atoms with Gasteiger partial charge in [0, 0.05) is 35.8 Å². The molecule has 34 heavy (non-hydrogen) atoms. The zero-order valence-electron chi connectivity index (χ0n) is 20.0. The van der Waals surface area contributed by atoms with Crippen LogP contribution in [0.15, 0.2) is 47.3 Å². The standard InChI is InChI=1S/C26H32N4O3S/c1-4-29(5-2)9-10-30(26(34)27-21-8-6-7-18(3)13-21)17-20-14-19-15-23-24(33-12-11-32-23)16-22(19)28-25(20)31/h6-8,13-16H,4-5,9-12,17H2,1-3H3,(H,27,34)(H,28,31). The highest BCUT2D eigenvalue weighted by molar-refractivity contribution is 7.80. The monoisotopic (exact) mass is 480 g/mol. The molecule has 0 saturated carbocycles. The first-order valence-electron chi connectivity index (χ1n) is 11.8. The summed E-state index contributed by atoms with van der Waals surface area (Å²) in [5.41, 5.74) is 3.35. The highest BCUT2D eigenvalue weighted by Crippen LogP contribution is 2.33. The molecule has 0 bridgehead atoms. The first kappa shape index (κ1) is 24.0. The average Bonchev–Trinajstić information content (AvgIpc) is 2.83. The third-order valence-electron chi connectivity index (χ3n) is 6.08. The number of thiocarbonyl (C=S) groups is 1. The van der Waals surface area contributed by atoms with Gasteiger partial charge in [-0.05, 0) is 62.1 Å². The van der Waals surface area contributed by atoms with Crippen molar-refractivity contribution in [3.05, 3.63) is 63.9 Å². The summed E-state index contributed by atoms with van der Waals surface area (Å²) in [5, 5.41) is 4.85. The number of anilines is 1. The molecule has 2 N–H and O–H groups in total. The van der Waals surface area contributed by atoms with Gasteiger partial charge in [-0.15, -0.1) is 0 Å². The van der Waals surface area contributed by atoms with Gasteiger partial charge in [-0.1, -0.05) is 26.0 Å². The molecule has 0 atom stereocenters. The zero-order chi connectivity index (χ0) is 24.1. The molecule has 0 radical (unpaired) electrons. The summed E-state index contributed by atoms with van der Waals surface area (Å²) in [6.07, 6.45) is 0. The Balaban J connectivity index is 1.60. The number of pyridine rings is 1. The zero-order valence-corrected chi connectivity index (χ0v) is 20.8. The largest absolute Gasteiger partial charge is 0.486 e. The van der Waals surface area contributed by atoms with E-state index in [0.29, 0.717) is 48.5 Å². The number of H-pyrrole nitrogens is 1. The van der Waals surface area contributed by atoms with E-state index < -0.39 is 0 Å². The molecule has 0 spiro atoms. The van der Waals surface area contributed by atoms with E-state index in [1.807, 2.05) is 30.3 Å². The van der Waals surface area contributed by atoms with Gasteiger partial charge in [-0.3, -0.25) is 4.79 Å². The van der Waals surface area contributed by atoms with Gasteiger partial charge < -0.3 is 29.6 Å². The maximum absolute atomic E-state index is 13.0. The third kappa shape index (κ3) is 5.69. The Hall–Kier alpha value is -3.10. The van der Waals surface area contributed by atoms with E-state index in [1.165, 1.54) is 0 Å². The fourth-order valence-electron chi connectivity index (χ4n) is 4.09. The van der Waals surface area contributed by atoms with E-state index in [0.717, 1.165) is 41.8 Å². The van der Waals surface area contributed by atoms with Gasteiger partial charge >= 0.3 is 0 Å². The van der Waals surface area contributed by atoms with Crippen molar-refractivity contribution in [2.24, 2.45) is 0 Å². The topological polar surface area (TPSA) is 69.8 Å². The van der Waals surface area contributed by atoms with Gasteiger partial charge in [0.15, 0.2) is 16.6 Å². The molecule has 1 aliphatic heterocycles. The third-order valence-corrected chi connectivity index (χ3v) is 6.44. The molecule has 2 aromatic carbocycles. The van der Waals surface area contributed by atoms with Crippen LogP contribution >= 0.6 is 12.2 Å². The molecule has 7 nitrogen and oxygen atoms in total. The lowest BCUT2D eigenvalue weighted by Gasteiger charge is -2.29. The van der Waals surface area contributed by atoms with Crippen LogP contribution in [0.5, 0.6) is 11.5 Å². The van der Waals surface area contributed by atoms with Crippen molar-refractivity contribution in [2.45, 2.75) is 27.3 Å². The first-order valence-corrected chi connectivity index (χ1v) is 12.2. The van der Waals surface area contributed by atoms with Crippen LogP contribution in [0.25, 0.3) is 10.9 Å². The number of rotatable bonds is 8. The highest BCUT2D eigenvalue weighted by Gasteiger charge is 2.17. The van der Waals surface area contributed by atoms with Crippen LogP contribution in [-0.2, 0) is 6.54 Å². The highest BCUT2D eigenvalue weighted by atomic mass is 32.1. The maximum atomic E-state index is 13.0. The molecule has 1 aromatic heterocycles. The molecular formula is C26H32N4O3S. The second-order valence-electron chi connectivity index (χ2n) is 8.45. The summed E-state index contributed by atoms with van der Waals surface area (Å²) in [7, 11) is 0. The summed E-state index contributed by atoms with van der Waals surface area (Å²) >= 11 is 5.79. The van der Waals surface area contributed by atoms with Gasteiger partial charge in [0.1, 0.15) is 13.2 Å². The van der Waals surface area contributed by atoms with E-state index in [4.69, 9.17) is 21.7 Å². The minimum atomic E-state index is -0.129. The fourth-order valence-corrected chi connectivity index (χ4v) is 4.36. The van der Waals surface area contributed by atoms with Crippen molar-refractivity contribution in [1.82, 2.24) is 14.8 Å². The number of aromatic nitrogens is 1. The minimum Gasteiger partial charge on any atom is -0.486 e. The molecule has 4 rings (SSSR count). The van der Waals surface area contributed by atoms with Crippen LogP contribution < -0.4 is 20.3 Å². The lowest BCUT2D eigenvalue weighted by molar-refractivity contribution is 0.172. The Kier molecular flexibility index (Phi) is 7.70. The lowest BCUT2D eigenvalue weighted by atomic mass is 10.1. The lowest BCUT2D eigenvalue weighted by Crippen LogP contribution is -2.41. The number of aryl methyl sites for hydroxylation is 1. The molecule has 3 aromatic rings. The normalized spacial score (nSPS) is 12.7. The SMILES string of the molecule is CCN(CC)CCN(Cc1cc2cc3c(cc2[nH]c1=O)OCCO3)C(=S)Nc1cccc(C)c1. The molecule has 0 saturated heterocycles. The number of likely N-dealkylation sites (N-methyl/N-ethyl adjacent to an activating group) is 1. The molecule has 180 valence electrons. The molecule has 8 heteroatoms. The maximum Gasteiger partial charge on any atom is 0.253 e. The molecule has 0 unspecified atom stereocenters. The number of aromatic amines is 1. The van der Waals surface area contributed by atoms with E-state index in [2.05, 4.69) is 53.0 Å². The van der Waals surface area contributed by atoms with Crippen molar-refractivity contribution in [2.75, 3.05) is 44.7 Å². The van der Waals surface area contributed by atoms with Crippen molar-refractivity contribution in [3.8, 4) is 11.5 Å². The number of ether oxygens (including phenoxy) is 2. The van der Waals surface area contributed by atoms with Crippen LogP contribution in [0.4, 0.5) is 5.69 Å². The van der Waals surface area contributed by atoms with Gasteiger partial charge in [0.05, 0.1) is 12.1 Å². The predicted molar refractivity (Wildman–Crippen MR) is 141 cm³/mol. The van der Waals surface area contributed by atoms with Gasteiger partial charge in [0.25, 0.3) is 5.56 Å². The fraction of sp³-hybridized carbons (Fsp3) is 0.385. The first-order chi connectivity index (χ1) is 16.5. The Morgan fingerprint density at radius 2 is 1.79 bits per heavy atom. The number of fused-ring (bicyclic) bond motifs is 2. The second kappa shape index (κ2) is 10.9. The molecule has 2 heterocycles. The van der Waals surface area contributed by atoms with E-state index >= 15 is 0 Å². The van der Waals surface area contributed by atoms with Crippen molar-refractivity contribution >= 4 is 33.9 Å². The van der Waals surface area contributed by atoms with Crippen LogP contribution in [0, 0.1) is 6.92 Å². The van der Waals surface area contributed by atoms with Crippen molar-refractivity contribution < 1.29 is 9.47 Å². The van der Waals surface area contributed by atoms with Gasteiger partial charge in [-0.2, -0.15) is 0 Å². The van der Waals surface area contributed by atoms with E-state index in [1.54, 1.807) is 0 Å². The Morgan fingerprint density at radius 1 is 1.06 bits per heavy atom. The summed E-state index contributed by atoms with van der Waals surface area (Å²) in [6, 6.07) is 13.8. The Labute approximate surface area is 205 Å². The molecule has 0 fully saturated rings. The quantitative estimate of drug-likeness (QED) is 0.470. The van der Waals surface area contributed by atoms with Crippen LogP contribution in [-0.4, -0.2) is 59.3 Å². The number of hydrogen-bond donors (Lipinski definition) is 2. The Bertz CT molecular complexity index is 1220. The average molecular weight is 481 g/mol. The minimum absolute atomic E-state index is 0.129. The Morgan fingerprint density at radius 3 is 2.50 bits per heavy atom. The number of nitrogens with one attached hydrogen (secondary N) is 2. The second-order valence-corrected chi connectivity index (χ2v) is 8.84. The van der Waals surface area contributed by atoms with Crippen LogP contribution in [0.3, 0.4) is 0 Å². The predicted octanol–water partition coefficient (Wildman–Crippen LogP) is 4.15. The summed E-state index contributed by atoms with van der Waals surface area (Å²) in [5.74, 6) is 1.36. The number of hydrogen-bond acceptors (Lipinski definition) is 5. The number of nitrogens with zero attached hydrogens (tertiary/aromatic N) is 2. The van der Waals surface area contributed by atoms with E-state index in [-0.39, 0.29) is 5.56 Å². The molecule has 0 aliphatic carbocycles. The van der Waals surface area contributed by atoms with Crippen LogP contribution in [0.2, 0.25) is 0 Å². The van der Waals surface area contributed by atoms with Gasteiger partial charge in [0.2, 0.25) is 0 Å². The van der Waals surface area contributed by atoms with Gasteiger partial charge in [-0.25, -0.2) is 0 Å². The van der Waals surface area contributed by atoms with E-state index in [9.17, 15) is 4.79 Å². The molecule has 0 amide bonds. The smallest absolute Gasteiger partial charge is 0.253 e. The van der Waals surface area contributed by atoms with Crippen molar-refractivity contribution in [1.29, 1.82) is 0 Å². The van der Waals surface area contributed by atoms with Crippen molar-refractivity contribution in [3.63, 3.8) is 0 Å².